The molecule has 0 saturated carbocycles. The monoisotopic (exact) mass is 464 g/mol. The molecular formula is C27H36N4OS. The van der Waals surface area contributed by atoms with Gasteiger partial charge < -0.3 is 15.0 Å². The summed E-state index contributed by atoms with van der Waals surface area (Å²) in [5.74, 6) is 0.937. The van der Waals surface area contributed by atoms with Crippen molar-refractivity contribution >= 4 is 11.9 Å². The number of nitrogens with one attached hydrogen (secondary N) is 1. The van der Waals surface area contributed by atoms with Crippen LogP contribution in [0.1, 0.15) is 30.7 Å². The quantitative estimate of drug-likeness (QED) is 0.330. The average Bonchev–Trinajstić information content (AvgIpc) is 2.84. The van der Waals surface area contributed by atoms with E-state index in [1.807, 2.05) is 24.4 Å². The Morgan fingerprint density at radius 1 is 0.909 bits per heavy atom. The Kier molecular flexibility index (Phi) is 10.7. The van der Waals surface area contributed by atoms with Gasteiger partial charge in [-0.3, -0.25) is 4.98 Å². The van der Waals surface area contributed by atoms with Crippen LogP contribution in [0.5, 0.6) is 5.75 Å². The van der Waals surface area contributed by atoms with Crippen LogP contribution in [0.4, 0.5) is 0 Å². The summed E-state index contributed by atoms with van der Waals surface area (Å²) in [6.07, 6.45) is 1.83. The molecule has 0 amide bonds. The molecule has 1 N–H and O–H groups in total. The van der Waals surface area contributed by atoms with Gasteiger partial charge in [0.2, 0.25) is 0 Å². The molecule has 1 aromatic heterocycles. The Hall–Kier alpha value is -2.38. The van der Waals surface area contributed by atoms with Crippen LogP contribution in [-0.4, -0.2) is 47.5 Å². The summed E-state index contributed by atoms with van der Waals surface area (Å²) in [4.78, 5) is 7.97. The van der Waals surface area contributed by atoms with Gasteiger partial charge in [-0.2, -0.15) is 0 Å². The standard InChI is InChI=1S/C27H36N4OS/c1-4-31(5-2)17-18-32-26-14-12-23(13-15-26)22-30(3)33-27-11-8-9-24(19-27)20-28-21-25-10-6-7-16-29-25/h6-16,19,28H,4-5,17-18,20-22H2,1-3H3. The van der Waals surface area contributed by atoms with E-state index in [2.05, 4.69) is 88.9 Å². The first-order valence-electron chi connectivity index (χ1n) is 11.7. The van der Waals surface area contributed by atoms with E-state index < -0.39 is 0 Å². The summed E-state index contributed by atoms with van der Waals surface area (Å²) >= 11 is 1.77. The first-order valence-corrected chi connectivity index (χ1v) is 12.5. The second kappa shape index (κ2) is 14.0. The van der Waals surface area contributed by atoms with Crippen LogP contribution in [0.3, 0.4) is 0 Å². The Bertz CT molecular complexity index is 932. The molecule has 0 unspecified atom stereocenters. The molecular weight excluding hydrogens is 428 g/mol. The van der Waals surface area contributed by atoms with Gasteiger partial charge in [-0.1, -0.05) is 44.2 Å². The Morgan fingerprint density at radius 3 is 2.45 bits per heavy atom. The lowest BCUT2D eigenvalue weighted by Crippen LogP contribution is -2.27. The first-order chi connectivity index (χ1) is 16.2. The van der Waals surface area contributed by atoms with Crippen LogP contribution < -0.4 is 10.1 Å². The van der Waals surface area contributed by atoms with Crippen molar-refractivity contribution in [3.05, 3.63) is 89.7 Å². The fourth-order valence-electron chi connectivity index (χ4n) is 3.54. The highest BCUT2D eigenvalue weighted by Gasteiger charge is 2.06. The number of rotatable bonds is 14. The molecule has 0 bridgehead atoms. The lowest BCUT2D eigenvalue weighted by Gasteiger charge is -2.18. The lowest BCUT2D eigenvalue weighted by atomic mass is 10.2. The fraction of sp³-hybridized carbons (Fsp3) is 0.370. The summed E-state index contributed by atoms with van der Waals surface area (Å²) in [5, 5.41) is 3.47. The number of hydrogen-bond acceptors (Lipinski definition) is 6. The summed E-state index contributed by atoms with van der Waals surface area (Å²) in [6.45, 7) is 10.6. The number of pyridine rings is 1. The molecule has 33 heavy (non-hydrogen) atoms. The molecule has 3 aromatic rings. The Balaban J connectivity index is 1.42. The normalized spacial score (nSPS) is 11.3. The number of hydrogen-bond donors (Lipinski definition) is 1. The largest absolute Gasteiger partial charge is 0.492 e. The van der Waals surface area contributed by atoms with E-state index >= 15 is 0 Å². The van der Waals surface area contributed by atoms with Crippen LogP contribution in [-0.2, 0) is 19.6 Å². The molecule has 3 rings (SSSR count). The molecule has 0 aliphatic carbocycles. The van der Waals surface area contributed by atoms with Gasteiger partial charge in [0, 0.05) is 37.3 Å². The van der Waals surface area contributed by atoms with E-state index in [1.54, 1.807) is 11.9 Å². The minimum absolute atomic E-state index is 0.726. The maximum atomic E-state index is 5.90. The fourth-order valence-corrected chi connectivity index (χ4v) is 4.46. The highest BCUT2D eigenvalue weighted by Crippen LogP contribution is 2.24. The first kappa shape index (κ1) is 25.2. The van der Waals surface area contributed by atoms with Gasteiger partial charge in [-0.25, -0.2) is 4.31 Å². The van der Waals surface area contributed by atoms with Gasteiger partial charge in [0.05, 0.1) is 5.69 Å². The van der Waals surface area contributed by atoms with Gasteiger partial charge in [0.25, 0.3) is 0 Å². The van der Waals surface area contributed by atoms with E-state index in [9.17, 15) is 0 Å². The second-order valence-electron chi connectivity index (χ2n) is 7.97. The number of ether oxygens (including phenoxy) is 1. The van der Waals surface area contributed by atoms with Crippen LogP contribution >= 0.6 is 11.9 Å². The maximum Gasteiger partial charge on any atom is 0.119 e. The highest BCUT2D eigenvalue weighted by molar-refractivity contribution is 7.97. The molecule has 0 spiro atoms. The number of aromatic nitrogens is 1. The van der Waals surface area contributed by atoms with Crippen LogP contribution in [0.25, 0.3) is 0 Å². The molecule has 0 aliphatic heterocycles. The Morgan fingerprint density at radius 2 is 1.73 bits per heavy atom. The van der Waals surface area contributed by atoms with Crippen molar-refractivity contribution in [2.45, 2.75) is 38.4 Å². The molecule has 1 heterocycles. The Labute approximate surface area is 203 Å². The molecule has 0 aliphatic rings. The molecule has 0 atom stereocenters. The number of nitrogens with zero attached hydrogens (tertiary/aromatic N) is 3. The molecule has 5 nitrogen and oxygen atoms in total. The van der Waals surface area contributed by atoms with E-state index in [1.165, 1.54) is 16.0 Å². The van der Waals surface area contributed by atoms with Crippen LogP contribution in [0.2, 0.25) is 0 Å². The van der Waals surface area contributed by atoms with Gasteiger partial charge >= 0.3 is 0 Å². The van der Waals surface area contributed by atoms with Crippen molar-refractivity contribution in [3.63, 3.8) is 0 Å². The second-order valence-corrected chi connectivity index (χ2v) is 9.25. The van der Waals surface area contributed by atoms with Crippen molar-refractivity contribution in [1.82, 2.24) is 19.5 Å². The van der Waals surface area contributed by atoms with Gasteiger partial charge in [0.15, 0.2) is 0 Å². The van der Waals surface area contributed by atoms with Crippen molar-refractivity contribution in [2.75, 3.05) is 33.3 Å². The summed E-state index contributed by atoms with van der Waals surface area (Å²) in [7, 11) is 2.13. The molecule has 6 heteroatoms. The van der Waals surface area contributed by atoms with Crippen LogP contribution in [0.15, 0.2) is 77.8 Å². The van der Waals surface area contributed by atoms with Crippen molar-refractivity contribution in [1.29, 1.82) is 0 Å². The molecule has 2 aromatic carbocycles. The van der Waals surface area contributed by atoms with E-state index in [0.717, 1.165) is 57.3 Å². The van der Waals surface area contributed by atoms with Crippen molar-refractivity contribution in [3.8, 4) is 5.75 Å². The van der Waals surface area contributed by atoms with Crippen molar-refractivity contribution in [2.24, 2.45) is 0 Å². The zero-order valence-electron chi connectivity index (χ0n) is 20.0. The molecule has 0 saturated heterocycles. The average molecular weight is 465 g/mol. The van der Waals surface area contributed by atoms with E-state index in [-0.39, 0.29) is 0 Å². The highest BCUT2D eigenvalue weighted by atomic mass is 32.2. The minimum atomic E-state index is 0.726. The summed E-state index contributed by atoms with van der Waals surface area (Å²) in [6, 6.07) is 23.2. The zero-order chi connectivity index (χ0) is 23.3. The number of likely N-dealkylation sites (N-methyl/N-ethyl adjacent to an activating group) is 1. The topological polar surface area (TPSA) is 40.6 Å². The molecule has 0 fully saturated rings. The predicted molar refractivity (Wildman–Crippen MR) is 138 cm³/mol. The summed E-state index contributed by atoms with van der Waals surface area (Å²) in [5.41, 5.74) is 3.60. The maximum absolute atomic E-state index is 5.90. The van der Waals surface area contributed by atoms with Gasteiger partial charge in [-0.05, 0) is 79.6 Å². The number of benzene rings is 2. The van der Waals surface area contributed by atoms with Gasteiger partial charge in [0.1, 0.15) is 12.4 Å². The smallest absolute Gasteiger partial charge is 0.119 e. The minimum Gasteiger partial charge on any atom is -0.492 e. The van der Waals surface area contributed by atoms with Crippen molar-refractivity contribution < 1.29 is 4.74 Å². The predicted octanol–water partition coefficient (Wildman–Crippen LogP) is 5.23. The van der Waals surface area contributed by atoms with E-state index in [0.29, 0.717) is 0 Å². The van der Waals surface area contributed by atoms with E-state index in [4.69, 9.17) is 4.74 Å². The SMILES string of the molecule is CCN(CC)CCOc1ccc(CN(C)Sc2cccc(CNCc3ccccn3)c2)cc1. The molecule has 0 radical (unpaired) electrons. The lowest BCUT2D eigenvalue weighted by molar-refractivity contribution is 0.223. The third kappa shape index (κ3) is 9.18. The third-order valence-electron chi connectivity index (χ3n) is 5.42. The van der Waals surface area contributed by atoms with Gasteiger partial charge in [-0.15, -0.1) is 0 Å². The summed E-state index contributed by atoms with van der Waals surface area (Å²) < 4.78 is 8.16. The van der Waals surface area contributed by atoms with Crippen LogP contribution in [0, 0.1) is 0 Å². The third-order valence-corrected chi connectivity index (χ3v) is 6.33. The molecule has 176 valence electrons. The zero-order valence-corrected chi connectivity index (χ0v) is 20.9.